The molecule has 6 nitrogen and oxygen atoms in total. The van der Waals surface area contributed by atoms with Crippen LogP contribution in [-0.4, -0.2) is 32.2 Å². The van der Waals surface area contributed by atoms with E-state index >= 15 is 0 Å². The lowest BCUT2D eigenvalue weighted by Crippen LogP contribution is -2.25. The van der Waals surface area contributed by atoms with Gasteiger partial charge in [-0.15, -0.1) is 0 Å². The molecule has 0 radical (unpaired) electrons. The van der Waals surface area contributed by atoms with Gasteiger partial charge < -0.3 is 10.0 Å². The Balaban J connectivity index is 1.74. The van der Waals surface area contributed by atoms with Crippen molar-refractivity contribution in [1.82, 2.24) is 14.5 Å². The zero-order valence-electron chi connectivity index (χ0n) is 13.0. The number of aliphatic carboxylic acids is 1. The number of aromatic nitrogens is 3. The fraction of sp³-hybridized carbons (Fsp3) is 0.167. The number of hydrogen-bond acceptors (Lipinski definition) is 4. The van der Waals surface area contributed by atoms with Crippen LogP contribution >= 0.6 is 0 Å². The standard InChI is InChI=1S/C18H16N4O2/c23-18(24)14-5-3-8-21(12-14)16-10-19-11-17(20-16)22-9-7-13-4-1-2-6-15(13)22/h1-2,4,6-7,9-12H,3,5,8H2,(H,23,24). The SMILES string of the molecule is O=C(O)C1=CN(c2cncc(-n3ccc4ccccc43)n2)CCC1. The summed E-state index contributed by atoms with van der Waals surface area (Å²) in [4.78, 5) is 22.0. The first-order chi connectivity index (χ1) is 11.7. The highest BCUT2D eigenvalue weighted by atomic mass is 16.4. The van der Waals surface area contributed by atoms with Gasteiger partial charge in [0.15, 0.2) is 11.6 Å². The van der Waals surface area contributed by atoms with Gasteiger partial charge in [-0.2, -0.15) is 0 Å². The quantitative estimate of drug-likeness (QED) is 0.803. The maximum absolute atomic E-state index is 11.2. The predicted molar refractivity (Wildman–Crippen MR) is 91.2 cm³/mol. The minimum absolute atomic E-state index is 0.403. The number of carboxylic acid groups (broad SMARTS) is 1. The molecule has 6 heteroatoms. The number of rotatable bonds is 3. The van der Waals surface area contributed by atoms with Crippen molar-refractivity contribution < 1.29 is 9.90 Å². The number of carbonyl (C=O) groups is 1. The molecule has 2 aromatic heterocycles. The van der Waals surface area contributed by atoms with Gasteiger partial charge in [0.05, 0.1) is 23.5 Å². The zero-order valence-corrected chi connectivity index (χ0v) is 13.0. The molecular weight excluding hydrogens is 304 g/mol. The highest BCUT2D eigenvalue weighted by molar-refractivity contribution is 5.87. The summed E-state index contributed by atoms with van der Waals surface area (Å²) in [5.74, 6) is 0.494. The second-order valence-corrected chi connectivity index (χ2v) is 5.74. The molecular formula is C18H16N4O2. The number of carboxylic acids is 1. The first-order valence-corrected chi connectivity index (χ1v) is 7.81. The number of benzene rings is 1. The Bertz CT molecular complexity index is 945. The van der Waals surface area contributed by atoms with Crippen molar-refractivity contribution in [1.29, 1.82) is 0 Å². The van der Waals surface area contributed by atoms with E-state index in [0.29, 0.717) is 23.6 Å². The zero-order chi connectivity index (χ0) is 16.5. The van der Waals surface area contributed by atoms with Crippen LogP contribution in [0.1, 0.15) is 12.8 Å². The summed E-state index contributed by atoms with van der Waals surface area (Å²) in [7, 11) is 0. The van der Waals surface area contributed by atoms with Gasteiger partial charge in [0, 0.05) is 18.9 Å². The molecule has 0 spiro atoms. The van der Waals surface area contributed by atoms with Gasteiger partial charge in [-0.25, -0.2) is 9.78 Å². The van der Waals surface area contributed by atoms with E-state index in [9.17, 15) is 9.90 Å². The van der Waals surface area contributed by atoms with Crippen LogP contribution in [0.25, 0.3) is 16.7 Å². The Morgan fingerprint density at radius 3 is 2.83 bits per heavy atom. The van der Waals surface area contributed by atoms with Gasteiger partial charge in [-0.1, -0.05) is 18.2 Å². The van der Waals surface area contributed by atoms with Crippen LogP contribution in [0.4, 0.5) is 5.82 Å². The summed E-state index contributed by atoms with van der Waals surface area (Å²) < 4.78 is 1.98. The lowest BCUT2D eigenvalue weighted by molar-refractivity contribution is -0.132. The van der Waals surface area contributed by atoms with Crippen LogP contribution in [0.2, 0.25) is 0 Å². The van der Waals surface area contributed by atoms with Crippen LogP contribution in [-0.2, 0) is 4.79 Å². The minimum Gasteiger partial charge on any atom is -0.478 e. The van der Waals surface area contributed by atoms with Crippen molar-refractivity contribution in [2.75, 3.05) is 11.4 Å². The third kappa shape index (κ3) is 2.52. The van der Waals surface area contributed by atoms with Gasteiger partial charge >= 0.3 is 5.97 Å². The number of nitrogens with zero attached hydrogens (tertiary/aromatic N) is 4. The highest BCUT2D eigenvalue weighted by Crippen LogP contribution is 2.23. The fourth-order valence-electron chi connectivity index (χ4n) is 2.98. The first-order valence-electron chi connectivity index (χ1n) is 7.81. The van der Waals surface area contributed by atoms with Gasteiger partial charge in [0.25, 0.3) is 0 Å². The minimum atomic E-state index is -0.875. The molecule has 1 aromatic carbocycles. The van der Waals surface area contributed by atoms with Crippen molar-refractivity contribution >= 4 is 22.7 Å². The first kappa shape index (κ1) is 14.4. The van der Waals surface area contributed by atoms with E-state index in [2.05, 4.69) is 16.0 Å². The Kier molecular flexibility index (Phi) is 3.49. The summed E-state index contributed by atoms with van der Waals surface area (Å²) >= 11 is 0. The van der Waals surface area contributed by atoms with E-state index in [1.807, 2.05) is 39.9 Å². The maximum atomic E-state index is 11.2. The second kappa shape index (κ2) is 5.81. The van der Waals surface area contributed by atoms with Gasteiger partial charge in [0.2, 0.25) is 0 Å². The third-order valence-corrected chi connectivity index (χ3v) is 4.18. The summed E-state index contributed by atoms with van der Waals surface area (Å²) in [5, 5.41) is 10.3. The normalized spacial score (nSPS) is 14.7. The molecule has 1 N–H and O–H groups in total. The van der Waals surface area contributed by atoms with Crippen LogP contribution in [0.3, 0.4) is 0 Å². The number of anilines is 1. The lowest BCUT2D eigenvalue weighted by Gasteiger charge is -2.24. The van der Waals surface area contributed by atoms with Crippen LogP contribution in [0.15, 0.2) is 60.7 Å². The average molecular weight is 320 g/mol. The Labute approximate surface area is 138 Å². The molecule has 0 bridgehead atoms. The molecule has 1 aliphatic heterocycles. The smallest absolute Gasteiger partial charge is 0.333 e. The second-order valence-electron chi connectivity index (χ2n) is 5.74. The predicted octanol–water partition coefficient (Wildman–Crippen LogP) is 2.99. The topological polar surface area (TPSA) is 71.2 Å². The van der Waals surface area contributed by atoms with E-state index in [0.717, 1.165) is 23.9 Å². The molecule has 0 unspecified atom stereocenters. The van der Waals surface area contributed by atoms with Crippen LogP contribution < -0.4 is 4.90 Å². The number of para-hydroxylation sites is 1. The molecule has 4 rings (SSSR count). The molecule has 3 aromatic rings. The Morgan fingerprint density at radius 2 is 1.96 bits per heavy atom. The van der Waals surface area contributed by atoms with Crippen molar-refractivity contribution in [2.45, 2.75) is 12.8 Å². The van der Waals surface area contributed by atoms with Crippen molar-refractivity contribution in [3.05, 3.63) is 60.7 Å². The van der Waals surface area contributed by atoms with Gasteiger partial charge in [-0.3, -0.25) is 9.55 Å². The molecule has 0 aliphatic carbocycles. The molecule has 0 saturated carbocycles. The van der Waals surface area contributed by atoms with Gasteiger partial charge in [0.1, 0.15) is 0 Å². The third-order valence-electron chi connectivity index (χ3n) is 4.18. The van der Waals surface area contributed by atoms with Crippen molar-refractivity contribution in [3.8, 4) is 5.82 Å². The summed E-state index contributed by atoms with van der Waals surface area (Å²) in [6.07, 6.45) is 8.37. The molecule has 3 heterocycles. The lowest BCUT2D eigenvalue weighted by atomic mass is 10.1. The van der Waals surface area contributed by atoms with Crippen molar-refractivity contribution in [3.63, 3.8) is 0 Å². The van der Waals surface area contributed by atoms with E-state index in [-0.39, 0.29) is 0 Å². The summed E-state index contributed by atoms with van der Waals surface area (Å²) in [6, 6.07) is 10.1. The van der Waals surface area contributed by atoms with E-state index in [4.69, 9.17) is 0 Å². The van der Waals surface area contributed by atoms with E-state index in [1.165, 1.54) is 0 Å². The molecule has 1 aliphatic rings. The van der Waals surface area contributed by atoms with Crippen molar-refractivity contribution in [2.24, 2.45) is 0 Å². The van der Waals surface area contributed by atoms with Gasteiger partial charge in [-0.05, 0) is 30.4 Å². The fourth-order valence-corrected chi connectivity index (χ4v) is 2.98. The largest absolute Gasteiger partial charge is 0.478 e. The molecule has 0 saturated heterocycles. The summed E-state index contributed by atoms with van der Waals surface area (Å²) in [5.41, 5.74) is 1.46. The van der Waals surface area contributed by atoms with E-state index in [1.54, 1.807) is 18.6 Å². The van der Waals surface area contributed by atoms with Crippen LogP contribution in [0.5, 0.6) is 0 Å². The average Bonchev–Trinajstić information content (AvgIpc) is 3.06. The molecule has 0 amide bonds. The Hall–Kier alpha value is -3.15. The molecule has 120 valence electrons. The molecule has 0 atom stereocenters. The molecule has 24 heavy (non-hydrogen) atoms. The number of hydrogen-bond donors (Lipinski definition) is 1. The molecule has 0 fully saturated rings. The Morgan fingerprint density at radius 1 is 1.12 bits per heavy atom. The maximum Gasteiger partial charge on any atom is 0.333 e. The van der Waals surface area contributed by atoms with Crippen LogP contribution in [0, 0.1) is 0 Å². The monoisotopic (exact) mass is 320 g/mol. The number of fused-ring (bicyclic) bond motifs is 1. The highest BCUT2D eigenvalue weighted by Gasteiger charge is 2.18. The van der Waals surface area contributed by atoms with E-state index < -0.39 is 5.97 Å². The summed E-state index contributed by atoms with van der Waals surface area (Å²) in [6.45, 7) is 0.737.